The van der Waals surface area contributed by atoms with E-state index in [0.717, 1.165) is 4.47 Å². The Balaban J connectivity index is 3.13. The fourth-order valence-corrected chi connectivity index (χ4v) is 3.21. The standard InChI is InChI=1S/C13H18BrNO4S/c1-12(2,11(16)17)13(3,4)15-20(18,19)10-7-5-9(14)6-8-10/h5-8,15H,1-4H3,(H,16,17). The number of hydrogen-bond donors (Lipinski definition) is 2. The topological polar surface area (TPSA) is 83.5 Å². The third-order valence-corrected chi connectivity index (χ3v) is 5.81. The van der Waals surface area contributed by atoms with E-state index in [1.807, 2.05) is 0 Å². The number of sulfonamides is 1. The van der Waals surface area contributed by atoms with Crippen LogP contribution in [-0.4, -0.2) is 25.0 Å². The van der Waals surface area contributed by atoms with Crippen LogP contribution in [0.3, 0.4) is 0 Å². The molecule has 1 aromatic carbocycles. The van der Waals surface area contributed by atoms with E-state index in [4.69, 9.17) is 0 Å². The number of carboxylic acids is 1. The first kappa shape index (κ1) is 17.1. The molecular formula is C13H18BrNO4S. The van der Waals surface area contributed by atoms with Crippen molar-refractivity contribution in [1.82, 2.24) is 4.72 Å². The summed E-state index contributed by atoms with van der Waals surface area (Å²) in [6, 6.07) is 6.14. The molecule has 0 aliphatic carbocycles. The summed E-state index contributed by atoms with van der Waals surface area (Å²) < 4.78 is 27.8. The van der Waals surface area contributed by atoms with Crippen LogP contribution in [0.5, 0.6) is 0 Å². The van der Waals surface area contributed by atoms with Crippen LogP contribution in [0, 0.1) is 5.41 Å². The Morgan fingerprint density at radius 1 is 1.15 bits per heavy atom. The van der Waals surface area contributed by atoms with E-state index in [1.165, 1.54) is 26.0 Å². The lowest BCUT2D eigenvalue weighted by Gasteiger charge is -2.38. The van der Waals surface area contributed by atoms with Crippen LogP contribution in [-0.2, 0) is 14.8 Å². The summed E-state index contributed by atoms with van der Waals surface area (Å²) in [5.41, 5.74) is -2.40. The Morgan fingerprint density at radius 3 is 2.00 bits per heavy atom. The minimum atomic E-state index is -3.79. The number of carboxylic acid groups (broad SMARTS) is 1. The quantitative estimate of drug-likeness (QED) is 0.841. The summed E-state index contributed by atoms with van der Waals surface area (Å²) >= 11 is 3.23. The summed E-state index contributed by atoms with van der Waals surface area (Å²) in [5, 5.41) is 9.24. The first-order valence-electron chi connectivity index (χ1n) is 5.93. The lowest BCUT2D eigenvalue weighted by atomic mass is 9.75. The van der Waals surface area contributed by atoms with E-state index < -0.39 is 26.9 Å². The van der Waals surface area contributed by atoms with Crippen molar-refractivity contribution >= 4 is 31.9 Å². The number of nitrogens with one attached hydrogen (secondary N) is 1. The Kier molecular flexibility index (Phi) is 4.68. The lowest BCUT2D eigenvalue weighted by molar-refractivity contribution is -0.150. The maximum Gasteiger partial charge on any atom is 0.310 e. The number of benzene rings is 1. The second kappa shape index (κ2) is 5.46. The molecule has 0 aromatic heterocycles. The predicted octanol–water partition coefficient (Wildman–Crippen LogP) is 2.62. The molecule has 112 valence electrons. The highest BCUT2D eigenvalue weighted by Crippen LogP contribution is 2.32. The normalized spacial score (nSPS) is 13.2. The maximum atomic E-state index is 12.3. The van der Waals surface area contributed by atoms with Gasteiger partial charge in [-0.3, -0.25) is 4.79 Å². The molecule has 0 amide bonds. The molecule has 1 aromatic rings. The minimum absolute atomic E-state index is 0.0926. The number of halogens is 1. The molecule has 0 atom stereocenters. The third-order valence-electron chi connectivity index (χ3n) is 3.61. The summed E-state index contributed by atoms with van der Waals surface area (Å²) in [6.45, 7) is 6.08. The van der Waals surface area contributed by atoms with Crippen LogP contribution < -0.4 is 4.72 Å². The Labute approximate surface area is 127 Å². The smallest absolute Gasteiger partial charge is 0.310 e. The molecule has 0 radical (unpaired) electrons. The van der Waals surface area contributed by atoms with Crippen LogP contribution >= 0.6 is 15.9 Å². The van der Waals surface area contributed by atoms with Crippen molar-refractivity contribution in [1.29, 1.82) is 0 Å². The van der Waals surface area contributed by atoms with Crippen LogP contribution in [0.25, 0.3) is 0 Å². The maximum absolute atomic E-state index is 12.3. The molecule has 0 saturated heterocycles. The fraction of sp³-hybridized carbons (Fsp3) is 0.462. The van der Waals surface area contributed by atoms with Gasteiger partial charge in [0.15, 0.2) is 0 Å². The highest BCUT2D eigenvalue weighted by Gasteiger charge is 2.45. The SMILES string of the molecule is CC(C)(NS(=O)(=O)c1ccc(Br)cc1)C(C)(C)C(=O)O. The van der Waals surface area contributed by atoms with Crippen LogP contribution in [0.15, 0.2) is 33.6 Å². The molecule has 20 heavy (non-hydrogen) atoms. The number of hydrogen-bond acceptors (Lipinski definition) is 3. The summed E-state index contributed by atoms with van der Waals surface area (Å²) in [7, 11) is -3.79. The minimum Gasteiger partial charge on any atom is -0.481 e. The van der Waals surface area contributed by atoms with E-state index in [-0.39, 0.29) is 4.90 Å². The van der Waals surface area contributed by atoms with Crippen LogP contribution in [0.2, 0.25) is 0 Å². The van der Waals surface area contributed by atoms with E-state index in [2.05, 4.69) is 20.7 Å². The van der Waals surface area contributed by atoms with Crippen molar-refractivity contribution < 1.29 is 18.3 Å². The molecule has 0 heterocycles. The van der Waals surface area contributed by atoms with Gasteiger partial charge in [0.2, 0.25) is 10.0 Å². The van der Waals surface area contributed by atoms with Gasteiger partial charge in [-0.2, -0.15) is 0 Å². The first-order chi connectivity index (χ1) is 8.90. The third kappa shape index (κ3) is 3.39. The van der Waals surface area contributed by atoms with Crippen molar-refractivity contribution in [2.75, 3.05) is 0 Å². The predicted molar refractivity (Wildman–Crippen MR) is 80.0 cm³/mol. The Hall–Kier alpha value is -0.920. The van der Waals surface area contributed by atoms with Crippen molar-refractivity contribution in [3.63, 3.8) is 0 Å². The second-order valence-electron chi connectivity index (χ2n) is 5.61. The molecule has 5 nitrogen and oxygen atoms in total. The van der Waals surface area contributed by atoms with E-state index in [1.54, 1.807) is 26.0 Å². The number of aliphatic carboxylic acids is 1. The highest BCUT2D eigenvalue weighted by atomic mass is 79.9. The van der Waals surface area contributed by atoms with Crippen molar-refractivity contribution in [2.45, 2.75) is 38.1 Å². The summed E-state index contributed by atoms with van der Waals surface area (Å²) in [5.74, 6) is -1.07. The zero-order valence-corrected chi connectivity index (χ0v) is 14.2. The van der Waals surface area contributed by atoms with Gasteiger partial charge in [-0.05, 0) is 52.0 Å². The molecule has 0 bridgehead atoms. The average molecular weight is 364 g/mol. The Morgan fingerprint density at radius 2 is 1.60 bits per heavy atom. The van der Waals surface area contributed by atoms with Crippen molar-refractivity contribution in [3.05, 3.63) is 28.7 Å². The largest absolute Gasteiger partial charge is 0.481 e. The number of rotatable bonds is 5. The molecule has 0 aliphatic heterocycles. The zero-order valence-electron chi connectivity index (χ0n) is 11.8. The molecule has 2 N–H and O–H groups in total. The monoisotopic (exact) mass is 363 g/mol. The Bertz CT molecular complexity index is 606. The molecule has 0 fully saturated rings. The van der Waals surface area contributed by atoms with Gasteiger partial charge < -0.3 is 5.11 Å². The molecule has 0 unspecified atom stereocenters. The molecule has 0 aliphatic rings. The molecule has 1 rings (SSSR count). The van der Waals surface area contributed by atoms with Crippen LogP contribution in [0.4, 0.5) is 0 Å². The van der Waals surface area contributed by atoms with Crippen LogP contribution in [0.1, 0.15) is 27.7 Å². The fourth-order valence-electron chi connectivity index (χ4n) is 1.40. The molecule has 0 saturated carbocycles. The summed E-state index contributed by atoms with van der Waals surface area (Å²) in [4.78, 5) is 11.4. The van der Waals surface area contributed by atoms with Gasteiger partial charge in [-0.15, -0.1) is 0 Å². The zero-order chi connectivity index (χ0) is 15.8. The second-order valence-corrected chi connectivity index (χ2v) is 8.21. The number of carbonyl (C=O) groups is 1. The van der Waals surface area contributed by atoms with E-state index in [9.17, 15) is 18.3 Å². The van der Waals surface area contributed by atoms with Gasteiger partial charge >= 0.3 is 5.97 Å². The van der Waals surface area contributed by atoms with Gasteiger partial charge in [0, 0.05) is 10.0 Å². The molecule has 7 heteroatoms. The van der Waals surface area contributed by atoms with Gasteiger partial charge in [0.1, 0.15) is 0 Å². The summed E-state index contributed by atoms with van der Waals surface area (Å²) in [6.07, 6.45) is 0. The highest BCUT2D eigenvalue weighted by molar-refractivity contribution is 9.10. The average Bonchev–Trinajstić information content (AvgIpc) is 2.27. The van der Waals surface area contributed by atoms with Crippen molar-refractivity contribution in [2.24, 2.45) is 5.41 Å². The molecule has 0 spiro atoms. The molecular weight excluding hydrogens is 346 g/mol. The lowest BCUT2D eigenvalue weighted by Crippen LogP contribution is -2.56. The van der Waals surface area contributed by atoms with E-state index in [0.29, 0.717) is 0 Å². The van der Waals surface area contributed by atoms with Gasteiger partial charge in [0.25, 0.3) is 0 Å². The van der Waals surface area contributed by atoms with E-state index >= 15 is 0 Å². The van der Waals surface area contributed by atoms with Crippen molar-refractivity contribution in [3.8, 4) is 0 Å². The first-order valence-corrected chi connectivity index (χ1v) is 8.21. The van der Waals surface area contributed by atoms with Gasteiger partial charge in [0.05, 0.1) is 10.3 Å². The van der Waals surface area contributed by atoms with Gasteiger partial charge in [-0.1, -0.05) is 15.9 Å². The van der Waals surface area contributed by atoms with Gasteiger partial charge in [-0.25, -0.2) is 13.1 Å².